The first-order valence-electron chi connectivity index (χ1n) is 5.99. The Balaban J connectivity index is 3.77. The molecule has 0 rings (SSSR count). The van der Waals surface area contributed by atoms with E-state index in [2.05, 4.69) is 10.6 Å². The van der Waals surface area contributed by atoms with Gasteiger partial charge >= 0.3 is 5.97 Å². The maximum atomic E-state index is 11.4. The highest BCUT2D eigenvalue weighted by Crippen LogP contribution is 2.07. The summed E-state index contributed by atoms with van der Waals surface area (Å²) < 4.78 is 5.15. The summed E-state index contributed by atoms with van der Waals surface area (Å²) in [5.41, 5.74) is -0.456. The second kappa shape index (κ2) is 7.27. The number of ether oxygens (including phenoxy) is 1. The van der Waals surface area contributed by atoms with Gasteiger partial charge in [0.1, 0.15) is 5.60 Å². The molecule has 17 heavy (non-hydrogen) atoms. The molecule has 1 atom stereocenters. The van der Waals surface area contributed by atoms with E-state index >= 15 is 0 Å². The lowest BCUT2D eigenvalue weighted by Crippen LogP contribution is -2.42. The third-order valence-electron chi connectivity index (χ3n) is 1.94. The van der Waals surface area contributed by atoms with Crippen molar-refractivity contribution in [1.82, 2.24) is 10.6 Å². The summed E-state index contributed by atoms with van der Waals surface area (Å²) in [6, 6.07) is -0.294. The van der Waals surface area contributed by atoms with Gasteiger partial charge in [-0.05, 0) is 34.6 Å². The van der Waals surface area contributed by atoms with Crippen LogP contribution in [0.4, 0.5) is 0 Å². The molecule has 0 fully saturated rings. The Hall–Kier alpha value is -1.10. The zero-order valence-electron chi connectivity index (χ0n) is 11.4. The van der Waals surface area contributed by atoms with Crippen LogP contribution in [0.15, 0.2) is 0 Å². The zero-order valence-corrected chi connectivity index (χ0v) is 11.4. The fourth-order valence-electron chi connectivity index (χ4n) is 1.20. The number of carbonyl (C=O) groups excluding carboxylic acids is 2. The largest absolute Gasteiger partial charge is 0.460 e. The number of amides is 1. The van der Waals surface area contributed by atoms with Gasteiger partial charge in [-0.15, -0.1) is 0 Å². The summed E-state index contributed by atoms with van der Waals surface area (Å²) in [5, 5.41) is 5.68. The molecule has 2 N–H and O–H groups in total. The molecule has 5 heteroatoms. The zero-order chi connectivity index (χ0) is 13.5. The maximum Gasteiger partial charge on any atom is 0.307 e. The Labute approximate surface area is 103 Å². The van der Waals surface area contributed by atoms with E-state index < -0.39 is 5.60 Å². The number of esters is 1. The molecule has 0 heterocycles. The second-order valence-electron chi connectivity index (χ2n) is 4.91. The number of nitrogens with one attached hydrogen (secondary N) is 2. The van der Waals surface area contributed by atoms with Crippen molar-refractivity contribution >= 4 is 11.9 Å². The fourth-order valence-corrected chi connectivity index (χ4v) is 1.20. The Morgan fingerprint density at radius 3 is 2.35 bits per heavy atom. The van der Waals surface area contributed by atoms with Crippen LogP contribution in [0.3, 0.4) is 0 Å². The number of likely N-dealkylation sites (N-methyl/N-ethyl adjacent to an activating group) is 1. The SMILES string of the molecule is CCNC(=O)C(C)NCCC(=O)OC(C)(C)C. The Morgan fingerprint density at radius 2 is 1.88 bits per heavy atom. The monoisotopic (exact) mass is 244 g/mol. The minimum absolute atomic E-state index is 0.0586. The van der Waals surface area contributed by atoms with Gasteiger partial charge in [0.15, 0.2) is 0 Å². The number of carbonyl (C=O) groups is 2. The summed E-state index contributed by atoms with van der Waals surface area (Å²) >= 11 is 0. The standard InChI is InChI=1S/C12H24N2O3/c1-6-13-11(16)9(2)14-8-7-10(15)17-12(3,4)5/h9,14H,6-8H2,1-5H3,(H,13,16). The predicted molar refractivity (Wildman–Crippen MR) is 66.6 cm³/mol. The van der Waals surface area contributed by atoms with Crippen LogP contribution in [0, 0.1) is 0 Å². The third kappa shape index (κ3) is 8.68. The molecule has 0 aromatic rings. The van der Waals surface area contributed by atoms with Gasteiger partial charge in [-0.1, -0.05) is 0 Å². The summed E-state index contributed by atoms with van der Waals surface area (Å²) in [6.45, 7) is 10.2. The lowest BCUT2D eigenvalue weighted by molar-refractivity contribution is -0.154. The normalized spacial score (nSPS) is 13.0. The average Bonchev–Trinajstić information content (AvgIpc) is 2.14. The van der Waals surface area contributed by atoms with E-state index in [1.165, 1.54) is 0 Å². The van der Waals surface area contributed by atoms with E-state index in [0.717, 1.165) is 0 Å². The predicted octanol–water partition coefficient (Wildman–Crippen LogP) is 0.832. The molecule has 0 radical (unpaired) electrons. The van der Waals surface area contributed by atoms with E-state index in [4.69, 9.17) is 4.74 Å². The van der Waals surface area contributed by atoms with Crippen molar-refractivity contribution < 1.29 is 14.3 Å². The van der Waals surface area contributed by atoms with Crippen molar-refractivity contribution in [3.63, 3.8) is 0 Å². The molecule has 0 aromatic heterocycles. The first-order chi connectivity index (χ1) is 7.76. The van der Waals surface area contributed by atoms with E-state index in [0.29, 0.717) is 13.1 Å². The lowest BCUT2D eigenvalue weighted by Gasteiger charge is -2.20. The average molecular weight is 244 g/mol. The third-order valence-corrected chi connectivity index (χ3v) is 1.94. The second-order valence-corrected chi connectivity index (χ2v) is 4.91. The van der Waals surface area contributed by atoms with Crippen molar-refractivity contribution in [2.75, 3.05) is 13.1 Å². The van der Waals surface area contributed by atoms with Crippen LogP contribution in [-0.4, -0.2) is 36.6 Å². The van der Waals surface area contributed by atoms with Crippen LogP contribution in [0.25, 0.3) is 0 Å². The molecule has 0 aromatic carbocycles. The molecular weight excluding hydrogens is 220 g/mol. The van der Waals surface area contributed by atoms with Crippen molar-refractivity contribution in [1.29, 1.82) is 0 Å². The lowest BCUT2D eigenvalue weighted by atomic mass is 10.2. The number of hydrogen-bond acceptors (Lipinski definition) is 4. The number of hydrogen-bond donors (Lipinski definition) is 2. The molecule has 0 saturated heterocycles. The molecule has 0 aliphatic rings. The molecule has 0 aliphatic carbocycles. The van der Waals surface area contributed by atoms with Gasteiger partial charge in [0.05, 0.1) is 12.5 Å². The van der Waals surface area contributed by atoms with E-state index in [9.17, 15) is 9.59 Å². The van der Waals surface area contributed by atoms with E-state index in [1.807, 2.05) is 27.7 Å². The van der Waals surface area contributed by atoms with Crippen LogP contribution < -0.4 is 10.6 Å². The highest BCUT2D eigenvalue weighted by molar-refractivity contribution is 5.81. The van der Waals surface area contributed by atoms with Gasteiger partial charge in [0, 0.05) is 13.1 Å². The van der Waals surface area contributed by atoms with Crippen LogP contribution in [-0.2, 0) is 14.3 Å². The van der Waals surface area contributed by atoms with Crippen molar-refractivity contribution in [3.05, 3.63) is 0 Å². The van der Waals surface area contributed by atoms with E-state index in [1.54, 1.807) is 6.92 Å². The van der Waals surface area contributed by atoms with E-state index in [-0.39, 0.29) is 24.3 Å². The molecule has 1 unspecified atom stereocenters. The molecular formula is C12H24N2O3. The summed E-state index contributed by atoms with van der Waals surface area (Å²) in [7, 11) is 0. The Bertz CT molecular complexity index is 259. The van der Waals surface area contributed by atoms with Gasteiger partial charge in [0.25, 0.3) is 0 Å². The van der Waals surface area contributed by atoms with Crippen molar-refractivity contribution in [3.8, 4) is 0 Å². The molecule has 0 spiro atoms. The topological polar surface area (TPSA) is 67.4 Å². The molecule has 0 aliphatic heterocycles. The first kappa shape index (κ1) is 15.9. The summed E-state index contributed by atoms with van der Waals surface area (Å²) in [4.78, 5) is 22.7. The van der Waals surface area contributed by atoms with Gasteiger partial charge in [-0.3, -0.25) is 9.59 Å². The summed E-state index contributed by atoms with van der Waals surface area (Å²) in [5.74, 6) is -0.315. The minimum atomic E-state index is -0.456. The van der Waals surface area contributed by atoms with Crippen molar-refractivity contribution in [2.24, 2.45) is 0 Å². The summed E-state index contributed by atoms with van der Waals surface area (Å²) in [6.07, 6.45) is 0.265. The Kier molecular flexibility index (Phi) is 6.80. The molecule has 0 bridgehead atoms. The molecule has 0 saturated carbocycles. The highest BCUT2D eigenvalue weighted by Gasteiger charge is 2.16. The highest BCUT2D eigenvalue weighted by atomic mass is 16.6. The van der Waals surface area contributed by atoms with Crippen LogP contribution in [0.2, 0.25) is 0 Å². The molecule has 5 nitrogen and oxygen atoms in total. The van der Waals surface area contributed by atoms with Crippen LogP contribution >= 0.6 is 0 Å². The quantitative estimate of drug-likeness (QED) is 0.679. The first-order valence-corrected chi connectivity index (χ1v) is 5.99. The van der Waals surface area contributed by atoms with Crippen molar-refractivity contribution in [2.45, 2.75) is 52.7 Å². The van der Waals surface area contributed by atoms with Gasteiger partial charge < -0.3 is 15.4 Å². The Morgan fingerprint density at radius 1 is 1.29 bits per heavy atom. The van der Waals surface area contributed by atoms with Gasteiger partial charge in [0.2, 0.25) is 5.91 Å². The smallest absolute Gasteiger partial charge is 0.307 e. The maximum absolute atomic E-state index is 11.4. The van der Waals surface area contributed by atoms with Crippen LogP contribution in [0.5, 0.6) is 0 Å². The van der Waals surface area contributed by atoms with Gasteiger partial charge in [-0.25, -0.2) is 0 Å². The fraction of sp³-hybridized carbons (Fsp3) is 0.833. The van der Waals surface area contributed by atoms with Crippen LogP contribution in [0.1, 0.15) is 41.0 Å². The number of rotatable bonds is 6. The minimum Gasteiger partial charge on any atom is -0.460 e. The molecule has 100 valence electrons. The van der Waals surface area contributed by atoms with Gasteiger partial charge in [-0.2, -0.15) is 0 Å². The molecule has 1 amide bonds.